The van der Waals surface area contributed by atoms with Gasteiger partial charge >= 0.3 is 0 Å². The number of aromatic nitrogens is 2. The van der Waals surface area contributed by atoms with Gasteiger partial charge in [-0.2, -0.15) is 0 Å². The lowest BCUT2D eigenvalue weighted by atomic mass is 9.66. The van der Waals surface area contributed by atoms with Crippen molar-refractivity contribution in [3.8, 4) is 11.1 Å². The molecule has 2 aliphatic carbocycles. The molecule has 1 aromatic heterocycles. The first-order valence-electron chi connectivity index (χ1n) is 9.80. The molecule has 0 saturated carbocycles. The van der Waals surface area contributed by atoms with Gasteiger partial charge in [-0.05, 0) is 64.6 Å². The Labute approximate surface area is 165 Å². The zero-order valence-electron chi connectivity index (χ0n) is 15.7. The third kappa shape index (κ3) is 2.39. The first-order valence-corrected chi connectivity index (χ1v) is 10.2. The van der Waals surface area contributed by atoms with Crippen molar-refractivity contribution >= 4 is 11.6 Å². The minimum atomic E-state index is -0.560. The van der Waals surface area contributed by atoms with Crippen molar-refractivity contribution in [3.05, 3.63) is 82.9 Å². The van der Waals surface area contributed by atoms with Gasteiger partial charge in [0.15, 0.2) is 0 Å². The van der Waals surface area contributed by atoms with Crippen molar-refractivity contribution in [1.82, 2.24) is 9.97 Å². The summed E-state index contributed by atoms with van der Waals surface area (Å²) in [4.78, 5) is 8.48. The summed E-state index contributed by atoms with van der Waals surface area (Å²) in [5.74, 6) is 1.19. The Morgan fingerprint density at radius 2 is 1.67 bits per heavy atom. The molecule has 3 unspecified atom stereocenters. The molecule has 0 saturated heterocycles. The Hall–Kier alpha value is -2.19. The molecule has 0 N–H and O–H groups in total. The van der Waals surface area contributed by atoms with Gasteiger partial charge in [-0.15, -0.1) is 11.6 Å². The SMILES string of the molecule is CC1Cc2c(ccc3c2CCc2ccccc2-3)C(C)C1(Cl)c1ncccn1. The summed E-state index contributed by atoms with van der Waals surface area (Å²) in [6.07, 6.45) is 6.81. The number of hydrogen-bond acceptors (Lipinski definition) is 2. The van der Waals surface area contributed by atoms with Crippen molar-refractivity contribution < 1.29 is 0 Å². The number of alkyl halides is 1. The molecule has 3 heteroatoms. The summed E-state index contributed by atoms with van der Waals surface area (Å²) < 4.78 is 0. The third-order valence-corrected chi connectivity index (χ3v) is 7.52. The van der Waals surface area contributed by atoms with Gasteiger partial charge < -0.3 is 0 Å². The molecule has 0 fully saturated rings. The van der Waals surface area contributed by atoms with Crippen LogP contribution in [0.1, 0.15) is 47.8 Å². The largest absolute Gasteiger partial charge is 0.239 e. The summed E-state index contributed by atoms with van der Waals surface area (Å²) in [5, 5.41) is 0. The van der Waals surface area contributed by atoms with Crippen molar-refractivity contribution in [3.63, 3.8) is 0 Å². The van der Waals surface area contributed by atoms with E-state index in [1.807, 2.05) is 6.07 Å². The smallest absolute Gasteiger partial charge is 0.149 e. The molecule has 2 aromatic carbocycles. The molecule has 3 atom stereocenters. The van der Waals surface area contributed by atoms with Crippen LogP contribution in [0.5, 0.6) is 0 Å². The van der Waals surface area contributed by atoms with Crippen LogP contribution in [0.25, 0.3) is 11.1 Å². The summed E-state index contributed by atoms with van der Waals surface area (Å²) in [6, 6.07) is 15.3. The molecule has 2 nitrogen and oxygen atoms in total. The highest BCUT2D eigenvalue weighted by molar-refractivity contribution is 6.24. The number of aryl methyl sites for hydroxylation is 1. The van der Waals surface area contributed by atoms with Crippen LogP contribution in [0.2, 0.25) is 0 Å². The van der Waals surface area contributed by atoms with Crippen LogP contribution in [0, 0.1) is 5.92 Å². The van der Waals surface area contributed by atoms with E-state index in [1.165, 1.54) is 33.4 Å². The van der Waals surface area contributed by atoms with Crippen molar-refractivity contribution in [2.75, 3.05) is 0 Å². The molecule has 0 amide bonds. The van der Waals surface area contributed by atoms with E-state index in [2.05, 4.69) is 60.2 Å². The van der Waals surface area contributed by atoms with Crippen LogP contribution in [0.3, 0.4) is 0 Å². The number of hydrogen-bond donors (Lipinski definition) is 0. The maximum atomic E-state index is 7.27. The average molecular weight is 375 g/mol. The van der Waals surface area contributed by atoms with E-state index in [1.54, 1.807) is 12.4 Å². The summed E-state index contributed by atoms with van der Waals surface area (Å²) in [5.41, 5.74) is 8.68. The van der Waals surface area contributed by atoms with Gasteiger partial charge in [0.25, 0.3) is 0 Å². The minimum absolute atomic E-state index is 0.169. The number of halogens is 1. The first kappa shape index (κ1) is 16.9. The van der Waals surface area contributed by atoms with Crippen LogP contribution in [-0.4, -0.2) is 9.97 Å². The zero-order valence-corrected chi connectivity index (χ0v) is 16.5. The summed E-state index contributed by atoms with van der Waals surface area (Å²) in [7, 11) is 0. The molecular formula is C24H23ClN2. The average Bonchev–Trinajstić information content (AvgIpc) is 2.72. The topological polar surface area (TPSA) is 25.8 Å². The highest BCUT2D eigenvalue weighted by Crippen LogP contribution is 2.54. The van der Waals surface area contributed by atoms with Crippen LogP contribution in [0.15, 0.2) is 54.9 Å². The Balaban J connectivity index is 1.67. The second-order valence-corrected chi connectivity index (χ2v) is 8.61. The predicted molar refractivity (Wildman–Crippen MR) is 110 cm³/mol. The van der Waals surface area contributed by atoms with Gasteiger partial charge in [0.2, 0.25) is 0 Å². The Morgan fingerprint density at radius 1 is 0.889 bits per heavy atom. The second kappa shape index (κ2) is 6.17. The zero-order chi connectivity index (χ0) is 18.6. The van der Waals surface area contributed by atoms with Crippen molar-refractivity contribution in [2.45, 2.75) is 43.9 Å². The van der Waals surface area contributed by atoms with Gasteiger partial charge in [0.1, 0.15) is 10.7 Å². The molecule has 5 rings (SSSR count). The van der Waals surface area contributed by atoms with Crippen LogP contribution in [-0.2, 0) is 24.1 Å². The summed E-state index contributed by atoms with van der Waals surface area (Å²) >= 11 is 7.27. The lowest BCUT2D eigenvalue weighted by Gasteiger charge is -2.44. The van der Waals surface area contributed by atoms with Gasteiger partial charge in [-0.3, -0.25) is 0 Å². The maximum Gasteiger partial charge on any atom is 0.149 e. The normalized spacial score (nSPS) is 26.0. The number of benzene rings is 2. The van der Waals surface area contributed by atoms with Gasteiger partial charge in [-0.25, -0.2) is 9.97 Å². The van der Waals surface area contributed by atoms with E-state index in [0.29, 0.717) is 0 Å². The molecule has 0 spiro atoms. The van der Waals surface area contributed by atoms with E-state index in [9.17, 15) is 0 Å². The quantitative estimate of drug-likeness (QED) is 0.512. The van der Waals surface area contributed by atoms with E-state index in [-0.39, 0.29) is 11.8 Å². The standard InChI is InChI=1S/C24H23ClN2/c1-15-14-22-18(16(2)24(15,25)23-26-12-5-13-27-23)10-11-20-19-7-4-3-6-17(19)8-9-21(20)22/h3-7,10-13,15-16H,8-9,14H2,1-2H3. The number of nitrogens with zero attached hydrogens (tertiary/aromatic N) is 2. The lowest BCUT2D eigenvalue weighted by Crippen LogP contribution is -2.40. The van der Waals surface area contributed by atoms with Crippen LogP contribution in [0.4, 0.5) is 0 Å². The maximum absolute atomic E-state index is 7.27. The molecule has 0 bridgehead atoms. The lowest BCUT2D eigenvalue weighted by molar-refractivity contribution is 0.312. The fraction of sp³-hybridized carbons (Fsp3) is 0.333. The highest BCUT2D eigenvalue weighted by atomic mass is 35.5. The monoisotopic (exact) mass is 374 g/mol. The van der Waals surface area contributed by atoms with E-state index >= 15 is 0 Å². The van der Waals surface area contributed by atoms with Crippen molar-refractivity contribution in [1.29, 1.82) is 0 Å². The molecular weight excluding hydrogens is 352 g/mol. The number of fused-ring (bicyclic) bond motifs is 5. The molecule has 3 aromatic rings. The Bertz CT molecular complexity index is 1010. The van der Waals surface area contributed by atoms with Crippen LogP contribution >= 0.6 is 11.6 Å². The van der Waals surface area contributed by atoms with Gasteiger partial charge in [-0.1, -0.05) is 50.2 Å². The Morgan fingerprint density at radius 3 is 2.48 bits per heavy atom. The van der Waals surface area contributed by atoms with Gasteiger partial charge in [0, 0.05) is 18.3 Å². The molecule has 2 aliphatic rings. The second-order valence-electron chi connectivity index (χ2n) is 7.98. The van der Waals surface area contributed by atoms with E-state index < -0.39 is 4.87 Å². The molecule has 0 aliphatic heterocycles. The molecule has 1 heterocycles. The van der Waals surface area contributed by atoms with Gasteiger partial charge in [0.05, 0.1) is 0 Å². The van der Waals surface area contributed by atoms with Crippen LogP contribution < -0.4 is 0 Å². The third-order valence-electron chi connectivity index (χ3n) is 6.65. The fourth-order valence-corrected chi connectivity index (χ4v) is 5.47. The highest BCUT2D eigenvalue weighted by Gasteiger charge is 2.48. The Kier molecular flexibility index (Phi) is 3.87. The molecule has 0 radical (unpaired) electrons. The summed E-state index contributed by atoms with van der Waals surface area (Å²) in [6.45, 7) is 4.49. The molecule has 136 valence electrons. The number of rotatable bonds is 1. The first-order chi connectivity index (χ1) is 13.1. The molecule has 27 heavy (non-hydrogen) atoms. The minimum Gasteiger partial charge on any atom is -0.239 e. The predicted octanol–water partition coefficient (Wildman–Crippen LogP) is 5.67. The van der Waals surface area contributed by atoms with E-state index in [0.717, 1.165) is 25.1 Å². The van der Waals surface area contributed by atoms with E-state index in [4.69, 9.17) is 11.6 Å². The fourth-order valence-electron chi connectivity index (χ4n) is 5.18. The van der Waals surface area contributed by atoms with Crippen molar-refractivity contribution in [2.24, 2.45) is 5.92 Å².